The van der Waals surface area contributed by atoms with Gasteiger partial charge in [-0.3, -0.25) is 0 Å². The molecule has 1 aliphatic heterocycles. The molecule has 0 radical (unpaired) electrons. The van der Waals surface area contributed by atoms with Crippen molar-refractivity contribution in [3.05, 3.63) is 0 Å². The van der Waals surface area contributed by atoms with E-state index in [4.69, 9.17) is 0 Å². The summed E-state index contributed by atoms with van der Waals surface area (Å²) in [4.78, 5) is 2.34. The lowest BCUT2D eigenvalue weighted by Crippen LogP contribution is -2.39. The van der Waals surface area contributed by atoms with Crippen LogP contribution in [0.25, 0.3) is 0 Å². The van der Waals surface area contributed by atoms with Crippen LogP contribution in [-0.2, 0) is 0 Å². The molecule has 0 aromatic carbocycles. The first-order valence-electron chi connectivity index (χ1n) is 5.20. The Balaban J connectivity index is 2.16. The summed E-state index contributed by atoms with van der Waals surface area (Å²) in [5.41, 5.74) is 0. The maximum Gasteiger partial charge on any atom is 0.0526 e. The molecule has 3 unspecified atom stereocenters. The van der Waals surface area contributed by atoms with Crippen LogP contribution >= 0.6 is 0 Å². The number of likely N-dealkylation sites (N-methyl/N-ethyl adjacent to an activating group) is 1. The molecule has 0 bridgehead atoms. The number of aliphatic hydroxyl groups excluding tert-OH is 1. The molecular formula is C10H22N2O. The molecule has 0 aromatic rings. The van der Waals surface area contributed by atoms with E-state index < -0.39 is 0 Å². The van der Waals surface area contributed by atoms with E-state index in [1.807, 2.05) is 6.92 Å². The molecule has 3 nitrogen and oxygen atoms in total. The summed E-state index contributed by atoms with van der Waals surface area (Å²) < 4.78 is 0. The van der Waals surface area contributed by atoms with Gasteiger partial charge in [-0.05, 0) is 40.3 Å². The van der Waals surface area contributed by atoms with Gasteiger partial charge in [-0.15, -0.1) is 0 Å². The first-order valence-corrected chi connectivity index (χ1v) is 5.20. The molecule has 0 saturated carbocycles. The Bertz CT molecular complexity index is 150. The lowest BCUT2D eigenvalue weighted by molar-refractivity contribution is 0.168. The van der Waals surface area contributed by atoms with Crippen molar-refractivity contribution in [3.63, 3.8) is 0 Å². The van der Waals surface area contributed by atoms with Crippen LogP contribution in [-0.4, -0.2) is 48.3 Å². The van der Waals surface area contributed by atoms with Crippen LogP contribution in [0.3, 0.4) is 0 Å². The Morgan fingerprint density at radius 1 is 1.54 bits per heavy atom. The predicted molar refractivity (Wildman–Crippen MR) is 54.8 cm³/mol. The van der Waals surface area contributed by atoms with Crippen LogP contribution in [0, 0.1) is 0 Å². The van der Waals surface area contributed by atoms with Crippen LogP contribution in [0.15, 0.2) is 0 Å². The van der Waals surface area contributed by atoms with Crippen LogP contribution < -0.4 is 5.32 Å². The first-order chi connectivity index (χ1) is 6.08. The molecule has 0 amide bonds. The monoisotopic (exact) mass is 186 g/mol. The molecular weight excluding hydrogens is 164 g/mol. The minimum Gasteiger partial charge on any atom is -0.393 e. The third kappa shape index (κ3) is 4.07. The standard InChI is InChI=1S/C10H22N2O/c1-8(6-9(2)13)11-10-4-5-12(3)7-10/h8-11,13H,4-7H2,1-3H3. The fourth-order valence-corrected chi connectivity index (χ4v) is 2.05. The molecule has 2 N–H and O–H groups in total. The smallest absolute Gasteiger partial charge is 0.0526 e. The molecule has 13 heavy (non-hydrogen) atoms. The van der Waals surface area contributed by atoms with Crippen LogP contribution in [0.2, 0.25) is 0 Å². The molecule has 78 valence electrons. The van der Waals surface area contributed by atoms with Crippen molar-refractivity contribution in [2.45, 2.75) is 44.9 Å². The predicted octanol–water partition coefficient (Wildman–Crippen LogP) is 0.440. The fourth-order valence-electron chi connectivity index (χ4n) is 2.05. The Labute approximate surface area is 81.1 Å². The second-order valence-electron chi connectivity index (χ2n) is 4.40. The topological polar surface area (TPSA) is 35.5 Å². The van der Waals surface area contributed by atoms with Gasteiger partial charge in [0.1, 0.15) is 0 Å². The number of hydrogen-bond acceptors (Lipinski definition) is 3. The molecule has 0 aliphatic carbocycles. The molecule has 1 aliphatic rings. The van der Waals surface area contributed by atoms with Crippen LogP contribution in [0.4, 0.5) is 0 Å². The van der Waals surface area contributed by atoms with Crippen LogP contribution in [0.5, 0.6) is 0 Å². The zero-order valence-electron chi connectivity index (χ0n) is 8.95. The Kier molecular flexibility index (Phi) is 4.16. The van der Waals surface area contributed by atoms with Gasteiger partial charge in [-0.25, -0.2) is 0 Å². The average molecular weight is 186 g/mol. The van der Waals surface area contributed by atoms with Crippen molar-refractivity contribution in [1.29, 1.82) is 0 Å². The lowest BCUT2D eigenvalue weighted by Gasteiger charge is -2.20. The van der Waals surface area contributed by atoms with Gasteiger partial charge < -0.3 is 15.3 Å². The highest BCUT2D eigenvalue weighted by atomic mass is 16.3. The Morgan fingerprint density at radius 2 is 2.23 bits per heavy atom. The van der Waals surface area contributed by atoms with E-state index in [0.717, 1.165) is 13.0 Å². The maximum atomic E-state index is 9.20. The van der Waals surface area contributed by atoms with Crippen molar-refractivity contribution >= 4 is 0 Å². The second kappa shape index (κ2) is 4.94. The second-order valence-corrected chi connectivity index (χ2v) is 4.40. The highest BCUT2D eigenvalue weighted by Crippen LogP contribution is 2.08. The minimum absolute atomic E-state index is 0.193. The number of hydrogen-bond donors (Lipinski definition) is 2. The van der Waals surface area contributed by atoms with E-state index in [1.165, 1.54) is 13.0 Å². The molecule has 0 aromatic heterocycles. The van der Waals surface area contributed by atoms with Gasteiger partial charge in [0.25, 0.3) is 0 Å². The summed E-state index contributed by atoms with van der Waals surface area (Å²) in [6.45, 7) is 6.33. The van der Waals surface area contributed by atoms with E-state index in [2.05, 4.69) is 24.2 Å². The summed E-state index contributed by atoms with van der Waals surface area (Å²) in [6, 6.07) is 1.05. The summed E-state index contributed by atoms with van der Waals surface area (Å²) in [5, 5.41) is 12.7. The number of rotatable bonds is 4. The normalized spacial score (nSPS) is 29.1. The molecule has 3 atom stereocenters. The van der Waals surface area contributed by atoms with E-state index in [1.54, 1.807) is 0 Å². The summed E-state index contributed by atoms with van der Waals surface area (Å²) in [7, 11) is 2.15. The van der Waals surface area contributed by atoms with Gasteiger partial charge in [-0.2, -0.15) is 0 Å². The number of nitrogens with zero attached hydrogens (tertiary/aromatic N) is 1. The van der Waals surface area contributed by atoms with Crippen molar-refractivity contribution in [1.82, 2.24) is 10.2 Å². The van der Waals surface area contributed by atoms with Gasteiger partial charge in [0.05, 0.1) is 6.10 Å². The number of nitrogens with one attached hydrogen (secondary N) is 1. The Morgan fingerprint density at radius 3 is 2.69 bits per heavy atom. The highest BCUT2D eigenvalue weighted by Gasteiger charge is 2.20. The summed E-state index contributed by atoms with van der Waals surface area (Å²) in [5.74, 6) is 0. The van der Waals surface area contributed by atoms with Crippen molar-refractivity contribution in [2.75, 3.05) is 20.1 Å². The molecule has 1 fully saturated rings. The molecule has 3 heteroatoms. The largest absolute Gasteiger partial charge is 0.393 e. The number of aliphatic hydroxyl groups is 1. The van der Waals surface area contributed by atoms with E-state index in [9.17, 15) is 5.11 Å². The molecule has 0 spiro atoms. The number of likely N-dealkylation sites (tertiary alicyclic amines) is 1. The highest BCUT2D eigenvalue weighted by molar-refractivity contribution is 4.81. The van der Waals surface area contributed by atoms with E-state index in [-0.39, 0.29) is 6.10 Å². The minimum atomic E-state index is -0.193. The Hall–Kier alpha value is -0.120. The van der Waals surface area contributed by atoms with E-state index >= 15 is 0 Å². The van der Waals surface area contributed by atoms with Crippen molar-refractivity contribution in [2.24, 2.45) is 0 Å². The first kappa shape index (κ1) is 11.0. The van der Waals surface area contributed by atoms with Crippen molar-refractivity contribution < 1.29 is 5.11 Å². The SMILES string of the molecule is CC(O)CC(C)NC1CCN(C)C1. The summed E-state index contributed by atoms with van der Waals surface area (Å²) in [6.07, 6.45) is 1.89. The fraction of sp³-hybridized carbons (Fsp3) is 1.00. The third-order valence-electron chi connectivity index (χ3n) is 2.61. The van der Waals surface area contributed by atoms with Gasteiger partial charge >= 0.3 is 0 Å². The molecule has 1 saturated heterocycles. The van der Waals surface area contributed by atoms with Gasteiger partial charge in [0.15, 0.2) is 0 Å². The molecule has 1 heterocycles. The van der Waals surface area contributed by atoms with Crippen molar-refractivity contribution in [3.8, 4) is 0 Å². The van der Waals surface area contributed by atoms with Crippen LogP contribution in [0.1, 0.15) is 26.7 Å². The third-order valence-corrected chi connectivity index (χ3v) is 2.61. The zero-order valence-corrected chi connectivity index (χ0v) is 8.95. The zero-order chi connectivity index (χ0) is 9.84. The average Bonchev–Trinajstić information content (AvgIpc) is 2.33. The van der Waals surface area contributed by atoms with Gasteiger partial charge in [0, 0.05) is 18.6 Å². The van der Waals surface area contributed by atoms with E-state index in [0.29, 0.717) is 12.1 Å². The maximum absolute atomic E-state index is 9.20. The summed E-state index contributed by atoms with van der Waals surface area (Å²) >= 11 is 0. The quantitative estimate of drug-likeness (QED) is 0.669. The van der Waals surface area contributed by atoms with Gasteiger partial charge in [-0.1, -0.05) is 0 Å². The lowest BCUT2D eigenvalue weighted by atomic mass is 10.1. The van der Waals surface area contributed by atoms with Gasteiger partial charge in [0.2, 0.25) is 0 Å². The molecule has 1 rings (SSSR count).